The SMILES string of the molecule is CC[O-].C[CH2][Zr+]([C]1=CC=CC1)[C]1=CC=CC1. The molecule has 2 aliphatic carbocycles. The molecule has 0 amide bonds. The first-order valence-electron chi connectivity index (χ1n) is 5.99. The molecule has 0 aromatic heterocycles. The normalized spacial score (nSPS) is 16.7. The third-order valence-corrected chi connectivity index (χ3v) is 10.0. The van der Waals surface area contributed by atoms with Gasteiger partial charge >= 0.3 is 88.7 Å². The van der Waals surface area contributed by atoms with Gasteiger partial charge < -0.3 is 5.11 Å². The number of hydrogen-bond acceptors (Lipinski definition) is 1. The summed E-state index contributed by atoms with van der Waals surface area (Å²) in [4.78, 5) is 0. The molecule has 86 valence electrons. The van der Waals surface area contributed by atoms with Crippen LogP contribution in [0.25, 0.3) is 0 Å². The second-order valence-corrected chi connectivity index (χ2v) is 11.0. The Hall–Kier alpha value is -0.197. The molecule has 0 aromatic rings. The Morgan fingerprint density at radius 1 is 1.06 bits per heavy atom. The van der Waals surface area contributed by atoms with E-state index in [4.69, 9.17) is 5.11 Å². The van der Waals surface area contributed by atoms with Gasteiger partial charge in [-0.2, -0.15) is 0 Å². The van der Waals surface area contributed by atoms with E-state index >= 15 is 0 Å². The van der Waals surface area contributed by atoms with Crippen LogP contribution in [0.3, 0.4) is 0 Å². The Kier molecular flexibility index (Phi) is 6.91. The van der Waals surface area contributed by atoms with Crippen LogP contribution in [0.15, 0.2) is 43.0 Å². The molecule has 0 radical (unpaired) electrons. The van der Waals surface area contributed by atoms with Crippen LogP contribution in [0.5, 0.6) is 0 Å². The van der Waals surface area contributed by atoms with Crippen molar-refractivity contribution in [1.29, 1.82) is 0 Å². The molecular weight excluding hydrogens is 275 g/mol. The third-order valence-electron chi connectivity index (χ3n) is 2.67. The first-order chi connectivity index (χ1) is 7.83. The molecule has 0 unspecified atom stereocenters. The average molecular weight is 296 g/mol. The Morgan fingerprint density at radius 2 is 1.50 bits per heavy atom. The quantitative estimate of drug-likeness (QED) is 0.784. The van der Waals surface area contributed by atoms with Crippen molar-refractivity contribution < 1.29 is 26.9 Å². The van der Waals surface area contributed by atoms with Gasteiger partial charge in [0.15, 0.2) is 0 Å². The Balaban J connectivity index is 0.000000386. The summed E-state index contributed by atoms with van der Waals surface area (Å²) in [5.74, 6) is 0. The molecule has 2 heteroatoms. The first-order valence-corrected chi connectivity index (χ1v) is 10.2. The standard InChI is InChI=1S/2C5H5.C2H5O.C2H5.Zr/c2*1-2-4-5-3-1;1-2-3;1-2;/h2*1-3H,4H2;2H2,1H3;1H2,2H3;/q;;-1;;+1. The predicted octanol–water partition coefficient (Wildman–Crippen LogP) is 3.10. The van der Waals surface area contributed by atoms with Crippen molar-refractivity contribution in [3.05, 3.63) is 43.0 Å². The van der Waals surface area contributed by atoms with Crippen molar-refractivity contribution in [1.82, 2.24) is 0 Å². The topological polar surface area (TPSA) is 23.1 Å². The molecule has 0 N–H and O–H groups in total. The van der Waals surface area contributed by atoms with Gasteiger partial charge in [0.25, 0.3) is 0 Å². The van der Waals surface area contributed by atoms with Crippen LogP contribution in [-0.4, -0.2) is 6.61 Å². The molecule has 2 aliphatic rings. The van der Waals surface area contributed by atoms with Gasteiger partial charge in [0.1, 0.15) is 0 Å². The van der Waals surface area contributed by atoms with Crippen LogP contribution in [-0.2, 0) is 21.8 Å². The molecule has 1 nitrogen and oxygen atoms in total. The fraction of sp³-hybridized carbons (Fsp3) is 0.429. The van der Waals surface area contributed by atoms with E-state index in [2.05, 4.69) is 43.4 Å². The van der Waals surface area contributed by atoms with Crippen LogP contribution in [0, 0.1) is 0 Å². The summed E-state index contributed by atoms with van der Waals surface area (Å²) in [6.07, 6.45) is 16.3. The Bertz CT molecular complexity index is 294. The van der Waals surface area contributed by atoms with Crippen LogP contribution in [0.1, 0.15) is 26.7 Å². The van der Waals surface area contributed by atoms with Gasteiger partial charge in [-0.3, -0.25) is 0 Å². The van der Waals surface area contributed by atoms with Crippen molar-refractivity contribution >= 4 is 0 Å². The van der Waals surface area contributed by atoms with Crippen LogP contribution in [0.4, 0.5) is 0 Å². The second kappa shape index (κ2) is 7.98. The summed E-state index contributed by atoms with van der Waals surface area (Å²) in [6.45, 7) is 3.94. The minimum absolute atomic E-state index is 0. The van der Waals surface area contributed by atoms with Gasteiger partial charge in [0.05, 0.1) is 0 Å². The number of hydrogen-bond donors (Lipinski definition) is 0. The van der Waals surface area contributed by atoms with E-state index in [-0.39, 0.29) is 6.61 Å². The Labute approximate surface area is 107 Å². The van der Waals surface area contributed by atoms with E-state index in [1.165, 1.54) is 17.0 Å². The molecule has 0 heterocycles. The molecule has 0 atom stereocenters. The molecule has 2 rings (SSSR count). The molecule has 0 spiro atoms. The predicted molar refractivity (Wildman–Crippen MR) is 64.7 cm³/mol. The van der Waals surface area contributed by atoms with E-state index in [1.54, 1.807) is 13.5 Å². The molecule has 0 aliphatic heterocycles. The van der Waals surface area contributed by atoms with Gasteiger partial charge in [0, 0.05) is 0 Å². The molecule has 0 aromatic carbocycles. The van der Waals surface area contributed by atoms with Gasteiger partial charge in [0.2, 0.25) is 0 Å². The fourth-order valence-electron chi connectivity index (χ4n) is 2.00. The van der Waals surface area contributed by atoms with E-state index in [0.29, 0.717) is 0 Å². The van der Waals surface area contributed by atoms with Crippen molar-refractivity contribution in [3.63, 3.8) is 0 Å². The zero-order chi connectivity index (χ0) is 11.8. The summed E-state index contributed by atoms with van der Waals surface area (Å²) >= 11 is -1.31. The second-order valence-electron chi connectivity index (χ2n) is 3.77. The first kappa shape index (κ1) is 13.9. The fourth-order valence-corrected chi connectivity index (χ4v) is 8.50. The van der Waals surface area contributed by atoms with Crippen molar-refractivity contribution in [2.24, 2.45) is 0 Å². The van der Waals surface area contributed by atoms with E-state index in [9.17, 15) is 0 Å². The zero-order valence-corrected chi connectivity index (χ0v) is 12.7. The number of rotatable bonds is 3. The summed E-state index contributed by atoms with van der Waals surface area (Å²) in [5, 5.41) is 8.93. The van der Waals surface area contributed by atoms with Crippen molar-refractivity contribution in [2.75, 3.05) is 6.61 Å². The molecule has 0 fully saturated rings. The van der Waals surface area contributed by atoms with Gasteiger partial charge in [-0.05, 0) is 0 Å². The minimum atomic E-state index is -1.31. The van der Waals surface area contributed by atoms with Crippen molar-refractivity contribution in [3.8, 4) is 0 Å². The maximum atomic E-state index is 8.93. The number of allylic oxidation sites excluding steroid dienone is 8. The molecule has 0 saturated carbocycles. The van der Waals surface area contributed by atoms with E-state index < -0.39 is 21.8 Å². The van der Waals surface area contributed by atoms with Crippen LogP contribution < -0.4 is 5.11 Å². The van der Waals surface area contributed by atoms with Crippen molar-refractivity contribution in [2.45, 2.75) is 30.8 Å². The summed E-state index contributed by atoms with van der Waals surface area (Å²) in [7, 11) is 0. The third kappa shape index (κ3) is 3.99. The molecule has 0 saturated heterocycles. The average Bonchev–Trinajstić information content (AvgIpc) is 2.92. The van der Waals surface area contributed by atoms with Crippen LogP contribution in [0.2, 0.25) is 4.13 Å². The molecule has 0 bridgehead atoms. The molecule has 16 heavy (non-hydrogen) atoms. The van der Waals surface area contributed by atoms with E-state index in [1.807, 2.05) is 0 Å². The summed E-state index contributed by atoms with van der Waals surface area (Å²) in [5.41, 5.74) is 0. The van der Waals surface area contributed by atoms with Gasteiger partial charge in [-0.25, -0.2) is 0 Å². The van der Waals surface area contributed by atoms with Gasteiger partial charge in [-0.1, -0.05) is 6.92 Å². The van der Waals surface area contributed by atoms with Crippen LogP contribution >= 0.6 is 0 Å². The summed E-state index contributed by atoms with van der Waals surface area (Å²) in [6, 6.07) is 0. The molecular formula is C14H20OZr. The van der Waals surface area contributed by atoms with E-state index in [0.717, 1.165) is 0 Å². The maximum absolute atomic E-state index is 8.93. The Morgan fingerprint density at radius 3 is 1.75 bits per heavy atom. The monoisotopic (exact) mass is 294 g/mol. The summed E-state index contributed by atoms with van der Waals surface area (Å²) < 4.78 is 5.02. The zero-order valence-electron chi connectivity index (χ0n) is 10.2. The van der Waals surface area contributed by atoms with Gasteiger partial charge in [-0.15, -0.1) is 6.61 Å².